The van der Waals surface area contributed by atoms with Crippen LogP contribution in [0.4, 0.5) is 0 Å². The Hall–Kier alpha value is -3.39. The summed E-state index contributed by atoms with van der Waals surface area (Å²) in [6.45, 7) is 2.44. The second kappa shape index (κ2) is 8.39. The number of ketones is 1. The number of likely N-dealkylation sites (tertiary alicyclic amines) is 1. The predicted molar refractivity (Wildman–Crippen MR) is 115 cm³/mol. The molecule has 8 heteroatoms. The van der Waals surface area contributed by atoms with Crippen molar-refractivity contribution >= 4 is 16.7 Å². The molecule has 0 N–H and O–H groups in total. The van der Waals surface area contributed by atoms with Crippen molar-refractivity contribution in [2.24, 2.45) is 13.0 Å². The lowest BCUT2D eigenvalue weighted by Gasteiger charge is -2.30. The minimum absolute atomic E-state index is 0.0695. The van der Waals surface area contributed by atoms with Gasteiger partial charge in [-0.3, -0.25) is 14.4 Å². The molecular weight excluding hydrogens is 392 g/mol. The van der Waals surface area contributed by atoms with Crippen LogP contribution in [0.15, 0.2) is 53.5 Å². The Morgan fingerprint density at radius 3 is 2.77 bits per heavy atom. The van der Waals surface area contributed by atoms with Crippen LogP contribution < -0.4 is 0 Å². The van der Waals surface area contributed by atoms with Gasteiger partial charge in [0.25, 0.3) is 0 Å². The molecule has 1 saturated heterocycles. The fourth-order valence-corrected chi connectivity index (χ4v) is 4.18. The molecule has 0 saturated carbocycles. The summed E-state index contributed by atoms with van der Waals surface area (Å²) in [6, 6.07) is 8.04. The van der Waals surface area contributed by atoms with Gasteiger partial charge in [-0.2, -0.15) is 15.3 Å². The molecule has 0 amide bonds. The smallest absolute Gasteiger partial charge is 0.208 e. The molecule has 0 aliphatic carbocycles. The largest absolute Gasteiger partial charge is 0.448 e. The van der Waals surface area contributed by atoms with Gasteiger partial charge in [-0.25, -0.2) is 4.98 Å². The van der Waals surface area contributed by atoms with Crippen molar-refractivity contribution in [3.63, 3.8) is 0 Å². The molecule has 31 heavy (non-hydrogen) atoms. The van der Waals surface area contributed by atoms with Gasteiger partial charge < -0.3 is 4.42 Å². The number of hydrogen-bond acceptors (Lipinski definition) is 7. The van der Waals surface area contributed by atoms with E-state index < -0.39 is 0 Å². The fourth-order valence-electron chi connectivity index (χ4n) is 4.18. The van der Waals surface area contributed by atoms with E-state index in [4.69, 9.17) is 4.42 Å². The quantitative estimate of drug-likeness (QED) is 0.477. The van der Waals surface area contributed by atoms with Gasteiger partial charge in [-0.15, -0.1) is 0 Å². The van der Waals surface area contributed by atoms with E-state index in [2.05, 4.69) is 31.2 Å². The van der Waals surface area contributed by atoms with E-state index in [0.29, 0.717) is 13.0 Å². The summed E-state index contributed by atoms with van der Waals surface area (Å²) in [5.74, 6) is 1.04. The van der Waals surface area contributed by atoms with Gasteiger partial charge in [0.05, 0.1) is 36.6 Å². The molecule has 0 spiro atoms. The molecule has 4 aromatic rings. The number of rotatable bonds is 6. The molecule has 0 radical (unpaired) electrons. The summed E-state index contributed by atoms with van der Waals surface area (Å²) in [5.41, 5.74) is 3.67. The van der Waals surface area contributed by atoms with Crippen LogP contribution >= 0.6 is 0 Å². The average molecular weight is 416 g/mol. The number of aromatic nitrogens is 5. The third-order valence-electron chi connectivity index (χ3n) is 5.91. The van der Waals surface area contributed by atoms with Crippen molar-refractivity contribution in [1.82, 2.24) is 29.9 Å². The molecule has 1 fully saturated rings. The van der Waals surface area contributed by atoms with Gasteiger partial charge in [0.1, 0.15) is 12.0 Å². The first-order chi connectivity index (χ1) is 15.1. The molecule has 4 heterocycles. The maximum absolute atomic E-state index is 12.9. The molecule has 8 nitrogen and oxygen atoms in total. The van der Waals surface area contributed by atoms with Crippen molar-refractivity contribution < 1.29 is 9.21 Å². The van der Waals surface area contributed by atoms with Gasteiger partial charge >= 0.3 is 0 Å². The SMILES string of the molecule is Cn1cc(-c2ccc3nnc(CC(=O)C4CCN(Cc5ncco5)CC4)cc3c2)cn1. The molecule has 1 aliphatic rings. The van der Waals surface area contributed by atoms with Crippen molar-refractivity contribution in [3.8, 4) is 11.1 Å². The highest BCUT2D eigenvalue weighted by atomic mass is 16.3. The maximum Gasteiger partial charge on any atom is 0.208 e. The Balaban J connectivity index is 1.24. The third kappa shape index (κ3) is 4.39. The van der Waals surface area contributed by atoms with E-state index in [1.807, 2.05) is 37.6 Å². The van der Waals surface area contributed by atoms with E-state index in [0.717, 1.165) is 59.5 Å². The molecule has 158 valence electrons. The summed E-state index contributed by atoms with van der Waals surface area (Å²) in [5, 5.41) is 13.8. The number of benzene rings is 1. The number of Topliss-reactive ketones (excluding diaryl/α,β-unsaturated/α-hetero) is 1. The van der Waals surface area contributed by atoms with Crippen LogP contribution in [0.2, 0.25) is 0 Å². The van der Waals surface area contributed by atoms with Crippen LogP contribution in [0.3, 0.4) is 0 Å². The van der Waals surface area contributed by atoms with E-state index in [-0.39, 0.29) is 11.7 Å². The van der Waals surface area contributed by atoms with Crippen LogP contribution in [0, 0.1) is 5.92 Å². The fraction of sp³-hybridized carbons (Fsp3) is 0.348. The highest BCUT2D eigenvalue weighted by Crippen LogP contribution is 2.24. The van der Waals surface area contributed by atoms with Crippen molar-refractivity contribution in [1.29, 1.82) is 0 Å². The lowest BCUT2D eigenvalue weighted by molar-refractivity contribution is -0.123. The molecule has 5 rings (SSSR count). The lowest BCUT2D eigenvalue weighted by Crippen LogP contribution is -2.36. The molecule has 0 unspecified atom stereocenters. The van der Waals surface area contributed by atoms with E-state index in [9.17, 15) is 4.79 Å². The Bertz CT molecular complexity index is 1190. The van der Waals surface area contributed by atoms with Crippen LogP contribution in [0.5, 0.6) is 0 Å². The summed E-state index contributed by atoms with van der Waals surface area (Å²) in [4.78, 5) is 19.4. The van der Waals surface area contributed by atoms with E-state index in [1.165, 1.54) is 0 Å². The first-order valence-corrected chi connectivity index (χ1v) is 10.5. The number of piperidine rings is 1. The minimum atomic E-state index is 0.0695. The first kappa shape index (κ1) is 19.6. The number of aryl methyl sites for hydroxylation is 1. The zero-order chi connectivity index (χ0) is 21.2. The Morgan fingerprint density at radius 1 is 1.16 bits per heavy atom. The number of fused-ring (bicyclic) bond motifs is 1. The van der Waals surface area contributed by atoms with Crippen LogP contribution in [0.25, 0.3) is 22.0 Å². The molecule has 3 aromatic heterocycles. The molecule has 0 bridgehead atoms. The first-order valence-electron chi connectivity index (χ1n) is 10.5. The van der Waals surface area contributed by atoms with Gasteiger partial charge in [-0.05, 0) is 49.7 Å². The molecular formula is C23H24N6O2. The zero-order valence-electron chi connectivity index (χ0n) is 17.4. The van der Waals surface area contributed by atoms with Gasteiger partial charge in [0.2, 0.25) is 5.89 Å². The predicted octanol–water partition coefficient (Wildman–Crippen LogP) is 3.04. The molecule has 1 aliphatic heterocycles. The molecule has 0 atom stereocenters. The second-order valence-electron chi connectivity index (χ2n) is 8.13. The highest BCUT2D eigenvalue weighted by Gasteiger charge is 2.26. The van der Waals surface area contributed by atoms with Gasteiger partial charge in [-0.1, -0.05) is 6.07 Å². The number of oxazole rings is 1. The van der Waals surface area contributed by atoms with Crippen molar-refractivity contribution in [2.45, 2.75) is 25.8 Å². The van der Waals surface area contributed by atoms with Crippen LogP contribution in [-0.4, -0.2) is 48.7 Å². The van der Waals surface area contributed by atoms with Crippen molar-refractivity contribution in [3.05, 3.63) is 60.7 Å². The molecule has 1 aromatic carbocycles. The Kier molecular flexibility index (Phi) is 5.30. The summed E-state index contributed by atoms with van der Waals surface area (Å²) in [6.07, 6.45) is 9.11. The number of hydrogen-bond donors (Lipinski definition) is 0. The van der Waals surface area contributed by atoms with Gasteiger partial charge in [0.15, 0.2) is 0 Å². The normalized spacial score (nSPS) is 15.5. The van der Waals surface area contributed by atoms with Crippen LogP contribution in [0.1, 0.15) is 24.4 Å². The maximum atomic E-state index is 12.9. The lowest BCUT2D eigenvalue weighted by atomic mass is 9.90. The van der Waals surface area contributed by atoms with E-state index >= 15 is 0 Å². The van der Waals surface area contributed by atoms with Crippen LogP contribution in [-0.2, 0) is 24.8 Å². The highest BCUT2D eigenvalue weighted by molar-refractivity contribution is 5.86. The second-order valence-corrected chi connectivity index (χ2v) is 8.13. The minimum Gasteiger partial charge on any atom is -0.448 e. The van der Waals surface area contributed by atoms with Gasteiger partial charge in [0, 0.05) is 30.1 Å². The zero-order valence-corrected chi connectivity index (χ0v) is 17.4. The number of nitrogens with zero attached hydrogens (tertiary/aromatic N) is 6. The Labute approximate surface area is 179 Å². The number of carbonyl (C=O) groups is 1. The summed E-state index contributed by atoms with van der Waals surface area (Å²) in [7, 11) is 1.90. The average Bonchev–Trinajstić information content (AvgIpc) is 3.45. The monoisotopic (exact) mass is 416 g/mol. The van der Waals surface area contributed by atoms with E-state index in [1.54, 1.807) is 17.1 Å². The number of carbonyl (C=O) groups excluding carboxylic acids is 1. The van der Waals surface area contributed by atoms with Crippen molar-refractivity contribution in [2.75, 3.05) is 13.1 Å². The standard InChI is InChI=1S/C23H24N6O2/c1-28-14-19(13-25-28)17-2-3-21-18(10-17)11-20(26-27-21)12-22(30)16-4-7-29(8-5-16)15-23-24-6-9-31-23/h2-3,6,9-11,13-14,16H,4-5,7-8,12,15H2,1H3. The Morgan fingerprint density at radius 2 is 2.03 bits per heavy atom. The third-order valence-corrected chi connectivity index (χ3v) is 5.91. The summed E-state index contributed by atoms with van der Waals surface area (Å²) < 4.78 is 7.11. The topological polar surface area (TPSA) is 89.9 Å². The summed E-state index contributed by atoms with van der Waals surface area (Å²) >= 11 is 0.